The molecule has 0 fully saturated rings. The van der Waals surface area contributed by atoms with Gasteiger partial charge >= 0.3 is 0 Å². The molecular formula is C24H18O2. The normalized spacial score (nSPS) is 10.6. The monoisotopic (exact) mass is 338 g/mol. The number of rotatable bonds is 3. The second-order valence-electron chi connectivity index (χ2n) is 6.26. The lowest BCUT2D eigenvalue weighted by Crippen LogP contribution is -1.82. The first-order valence-electron chi connectivity index (χ1n) is 8.48. The molecule has 0 saturated heterocycles. The Bertz CT molecular complexity index is 998. The van der Waals surface area contributed by atoms with Gasteiger partial charge in [-0.3, -0.25) is 0 Å². The number of hydrogen-bond acceptors (Lipinski definition) is 2. The van der Waals surface area contributed by atoms with Gasteiger partial charge in [-0.2, -0.15) is 0 Å². The highest BCUT2D eigenvalue weighted by Crippen LogP contribution is 2.31. The SMILES string of the molecule is Oc1cc(O)cc(-c2ccc(-c3ccc(-c4ccccc4)cc3)cc2)c1. The van der Waals surface area contributed by atoms with E-state index in [1.54, 1.807) is 12.1 Å². The maximum atomic E-state index is 9.65. The van der Waals surface area contributed by atoms with Gasteiger partial charge in [0.05, 0.1) is 0 Å². The molecule has 0 amide bonds. The molecule has 0 unspecified atom stereocenters. The van der Waals surface area contributed by atoms with Gasteiger partial charge in [0.25, 0.3) is 0 Å². The fourth-order valence-corrected chi connectivity index (χ4v) is 3.10. The van der Waals surface area contributed by atoms with Gasteiger partial charge < -0.3 is 10.2 Å². The second-order valence-corrected chi connectivity index (χ2v) is 6.26. The van der Waals surface area contributed by atoms with Gasteiger partial charge in [0, 0.05) is 6.07 Å². The van der Waals surface area contributed by atoms with Crippen LogP contribution in [-0.2, 0) is 0 Å². The molecule has 4 aromatic rings. The Hall–Kier alpha value is -3.52. The fraction of sp³-hybridized carbons (Fsp3) is 0. The van der Waals surface area contributed by atoms with Gasteiger partial charge in [0.2, 0.25) is 0 Å². The molecule has 0 aliphatic carbocycles. The van der Waals surface area contributed by atoms with Gasteiger partial charge in [-0.05, 0) is 45.5 Å². The molecule has 2 nitrogen and oxygen atoms in total. The number of hydrogen-bond donors (Lipinski definition) is 2. The molecule has 0 radical (unpaired) electrons. The highest BCUT2D eigenvalue weighted by molar-refractivity contribution is 5.74. The minimum atomic E-state index is 0.0561. The zero-order valence-electron chi connectivity index (χ0n) is 14.1. The third kappa shape index (κ3) is 3.31. The first-order chi connectivity index (χ1) is 12.7. The molecule has 2 N–H and O–H groups in total. The first-order valence-corrected chi connectivity index (χ1v) is 8.48. The lowest BCUT2D eigenvalue weighted by molar-refractivity contribution is 0.451. The average Bonchev–Trinajstić information content (AvgIpc) is 2.68. The molecule has 4 aromatic carbocycles. The Morgan fingerprint density at radius 2 is 0.692 bits per heavy atom. The standard InChI is InChI=1S/C24H18O2/c25-23-14-22(15-24(26)16-23)21-12-10-20(11-13-21)19-8-6-18(7-9-19)17-4-2-1-3-5-17/h1-16,25-26H. The fourth-order valence-electron chi connectivity index (χ4n) is 3.10. The van der Waals surface area contributed by atoms with E-state index in [4.69, 9.17) is 0 Å². The first kappa shape index (κ1) is 16.0. The highest BCUT2D eigenvalue weighted by Gasteiger charge is 2.04. The molecule has 0 saturated carbocycles. The van der Waals surface area contributed by atoms with E-state index >= 15 is 0 Å². The van der Waals surface area contributed by atoms with Crippen LogP contribution in [0.5, 0.6) is 11.5 Å². The van der Waals surface area contributed by atoms with Crippen molar-refractivity contribution in [1.29, 1.82) is 0 Å². The van der Waals surface area contributed by atoms with E-state index in [2.05, 4.69) is 36.4 Å². The largest absolute Gasteiger partial charge is 0.508 e. The molecular weight excluding hydrogens is 320 g/mol. The van der Waals surface area contributed by atoms with Gasteiger partial charge in [-0.1, -0.05) is 78.9 Å². The lowest BCUT2D eigenvalue weighted by atomic mass is 9.98. The van der Waals surface area contributed by atoms with Crippen molar-refractivity contribution in [2.45, 2.75) is 0 Å². The summed E-state index contributed by atoms with van der Waals surface area (Å²) in [6.45, 7) is 0. The predicted molar refractivity (Wildman–Crippen MR) is 106 cm³/mol. The highest BCUT2D eigenvalue weighted by atomic mass is 16.3. The van der Waals surface area contributed by atoms with E-state index in [9.17, 15) is 10.2 Å². The van der Waals surface area contributed by atoms with Crippen LogP contribution >= 0.6 is 0 Å². The average molecular weight is 338 g/mol. The van der Waals surface area contributed by atoms with Gasteiger partial charge in [-0.25, -0.2) is 0 Å². The Kier molecular flexibility index (Phi) is 4.16. The van der Waals surface area contributed by atoms with Crippen LogP contribution in [0.4, 0.5) is 0 Å². The molecule has 0 aliphatic rings. The van der Waals surface area contributed by atoms with E-state index in [0.29, 0.717) is 0 Å². The minimum absolute atomic E-state index is 0.0561. The zero-order chi connectivity index (χ0) is 17.9. The van der Waals surface area contributed by atoms with Crippen molar-refractivity contribution in [3.8, 4) is 44.9 Å². The summed E-state index contributed by atoms with van der Waals surface area (Å²) in [6, 6.07) is 31.5. The van der Waals surface area contributed by atoms with E-state index in [1.165, 1.54) is 17.2 Å². The molecule has 0 spiro atoms. The third-order valence-corrected chi connectivity index (χ3v) is 4.45. The Morgan fingerprint density at radius 1 is 0.346 bits per heavy atom. The van der Waals surface area contributed by atoms with Crippen molar-refractivity contribution in [2.75, 3.05) is 0 Å². The van der Waals surface area contributed by atoms with Gasteiger partial charge in [-0.15, -0.1) is 0 Å². The molecule has 0 atom stereocenters. The van der Waals surface area contributed by atoms with Crippen molar-refractivity contribution in [3.05, 3.63) is 97.1 Å². The number of benzene rings is 4. The summed E-state index contributed by atoms with van der Waals surface area (Å²) in [5.74, 6) is 0.112. The molecule has 2 heteroatoms. The summed E-state index contributed by atoms with van der Waals surface area (Å²) in [7, 11) is 0. The molecule has 0 aliphatic heterocycles. The minimum Gasteiger partial charge on any atom is -0.508 e. The van der Waals surface area contributed by atoms with E-state index < -0.39 is 0 Å². The van der Waals surface area contributed by atoms with Crippen molar-refractivity contribution >= 4 is 0 Å². The molecule has 0 aromatic heterocycles. The van der Waals surface area contributed by atoms with Crippen molar-refractivity contribution in [3.63, 3.8) is 0 Å². The number of aromatic hydroxyl groups is 2. The lowest BCUT2D eigenvalue weighted by Gasteiger charge is -2.07. The van der Waals surface area contributed by atoms with Crippen LogP contribution in [0.3, 0.4) is 0 Å². The maximum Gasteiger partial charge on any atom is 0.119 e. The van der Waals surface area contributed by atoms with Crippen LogP contribution in [0.15, 0.2) is 97.1 Å². The summed E-state index contributed by atoms with van der Waals surface area (Å²) < 4.78 is 0. The third-order valence-electron chi connectivity index (χ3n) is 4.45. The van der Waals surface area contributed by atoms with E-state index in [0.717, 1.165) is 22.3 Å². The molecule has 4 rings (SSSR count). The van der Waals surface area contributed by atoms with Gasteiger partial charge in [0.15, 0.2) is 0 Å². The molecule has 26 heavy (non-hydrogen) atoms. The van der Waals surface area contributed by atoms with E-state index in [-0.39, 0.29) is 11.5 Å². The van der Waals surface area contributed by atoms with Crippen molar-refractivity contribution in [1.82, 2.24) is 0 Å². The summed E-state index contributed by atoms with van der Waals surface area (Å²) >= 11 is 0. The smallest absolute Gasteiger partial charge is 0.119 e. The molecule has 0 bridgehead atoms. The van der Waals surface area contributed by atoms with E-state index in [1.807, 2.05) is 42.5 Å². The van der Waals surface area contributed by atoms with Gasteiger partial charge in [0.1, 0.15) is 11.5 Å². The van der Waals surface area contributed by atoms with Crippen LogP contribution in [-0.4, -0.2) is 10.2 Å². The number of phenols is 2. The summed E-state index contributed by atoms with van der Waals surface area (Å²) in [5, 5.41) is 19.3. The Balaban J connectivity index is 1.61. The summed E-state index contributed by atoms with van der Waals surface area (Å²) in [6.07, 6.45) is 0. The zero-order valence-corrected chi connectivity index (χ0v) is 14.1. The quantitative estimate of drug-likeness (QED) is 0.474. The summed E-state index contributed by atoms with van der Waals surface area (Å²) in [5.41, 5.74) is 6.40. The molecule has 126 valence electrons. The van der Waals surface area contributed by atoms with Crippen LogP contribution in [0.2, 0.25) is 0 Å². The Labute approximate surface area is 152 Å². The van der Waals surface area contributed by atoms with Crippen LogP contribution in [0.25, 0.3) is 33.4 Å². The second kappa shape index (κ2) is 6.77. The van der Waals surface area contributed by atoms with Crippen LogP contribution in [0, 0.1) is 0 Å². The molecule has 0 heterocycles. The van der Waals surface area contributed by atoms with Crippen molar-refractivity contribution < 1.29 is 10.2 Å². The van der Waals surface area contributed by atoms with Crippen molar-refractivity contribution in [2.24, 2.45) is 0 Å². The Morgan fingerprint density at radius 3 is 1.12 bits per heavy atom. The summed E-state index contributed by atoms with van der Waals surface area (Å²) in [4.78, 5) is 0. The predicted octanol–water partition coefficient (Wildman–Crippen LogP) is 6.10. The number of phenolic OH excluding ortho intramolecular Hbond substituents is 2. The van der Waals surface area contributed by atoms with Crippen LogP contribution in [0.1, 0.15) is 0 Å². The topological polar surface area (TPSA) is 40.5 Å². The van der Waals surface area contributed by atoms with Crippen LogP contribution < -0.4 is 0 Å². The maximum absolute atomic E-state index is 9.65.